The number of aliphatic carboxylic acids is 1. The fourth-order valence-electron chi connectivity index (χ4n) is 3.15. The molecule has 1 aliphatic rings. The van der Waals surface area contributed by atoms with Gasteiger partial charge in [0.05, 0.1) is 5.92 Å². The van der Waals surface area contributed by atoms with Crippen LogP contribution in [0.15, 0.2) is 0 Å². The van der Waals surface area contributed by atoms with Crippen LogP contribution in [0, 0.1) is 17.3 Å². The van der Waals surface area contributed by atoms with Gasteiger partial charge in [-0.1, -0.05) is 34.1 Å². The minimum atomic E-state index is -0.618. The van der Waals surface area contributed by atoms with Crippen LogP contribution >= 0.6 is 0 Å². The summed E-state index contributed by atoms with van der Waals surface area (Å²) in [6.45, 7) is 9.91. The lowest BCUT2D eigenvalue weighted by molar-refractivity contribution is -0.146. The van der Waals surface area contributed by atoms with Gasteiger partial charge in [-0.2, -0.15) is 0 Å². The molecule has 18 heavy (non-hydrogen) atoms. The van der Waals surface area contributed by atoms with Crippen molar-refractivity contribution in [3.63, 3.8) is 0 Å². The highest BCUT2D eigenvalue weighted by atomic mass is 16.4. The first kappa shape index (κ1) is 15.5. The fraction of sp³-hybridized carbons (Fsp3) is 0.933. The predicted octanol–water partition coefficient (Wildman–Crippen LogP) is 3.24. The van der Waals surface area contributed by atoms with E-state index in [2.05, 4.69) is 39.6 Å². The molecule has 1 aliphatic carbocycles. The van der Waals surface area contributed by atoms with E-state index in [0.717, 1.165) is 32.2 Å². The third-order valence-electron chi connectivity index (χ3n) is 5.22. The van der Waals surface area contributed by atoms with Crippen LogP contribution in [0.3, 0.4) is 0 Å². The molecule has 3 unspecified atom stereocenters. The van der Waals surface area contributed by atoms with Crippen molar-refractivity contribution in [2.75, 3.05) is 13.6 Å². The summed E-state index contributed by atoms with van der Waals surface area (Å²) in [5.74, 6) is -0.149. The van der Waals surface area contributed by atoms with Crippen molar-refractivity contribution < 1.29 is 9.90 Å². The van der Waals surface area contributed by atoms with Crippen LogP contribution in [0.2, 0.25) is 0 Å². The lowest BCUT2D eigenvalue weighted by Crippen LogP contribution is -2.47. The Kier molecular flexibility index (Phi) is 5.20. The number of carbonyl (C=O) groups is 1. The Hall–Kier alpha value is -0.570. The zero-order valence-corrected chi connectivity index (χ0v) is 12.6. The zero-order valence-electron chi connectivity index (χ0n) is 12.6. The molecule has 0 heterocycles. The normalized spacial score (nSPS) is 29.6. The highest BCUT2D eigenvalue weighted by Gasteiger charge is 2.41. The van der Waals surface area contributed by atoms with Gasteiger partial charge >= 0.3 is 5.97 Å². The van der Waals surface area contributed by atoms with Crippen LogP contribution in [-0.4, -0.2) is 35.6 Å². The first-order valence-corrected chi connectivity index (χ1v) is 7.26. The van der Waals surface area contributed by atoms with E-state index in [1.165, 1.54) is 0 Å². The van der Waals surface area contributed by atoms with Gasteiger partial charge in [0.25, 0.3) is 0 Å². The van der Waals surface area contributed by atoms with Gasteiger partial charge in [-0.3, -0.25) is 4.79 Å². The highest BCUT2D eigenvalue weighted by molar-refractivity contribution is 5.71. The number of hydrogen-bond donors (Lipinski definition) is 1. The molecule has 1 N–H and O–H groups in total. The van der Waals surface area contributed by atoms with Crippen molar-refractivity contribution in [2.45, 2.75) is 59.4 Å². The highest BCUT2D eigenvalue weighted by Crippen LogP contribution is 2.43. The predicted molar refractivity (Wildman–Crippen MR) is 74.6 cm³/mol. The Morgan fingerprint density at radius 2 is 1.94 bits per heavy atom. The Balaban J connectivity index is 2.82. The third-order valence-corrected chi connectivity index (χ3v) is 5.22. The second kappa shape index (κ2) is 6.05. The molecule has 0 radical (unpaired) electrons. The Morgan fingerprint density at radius 3 is 2.39 bits per heavy atom. The fourth-order valence-corrected chi connectivity index (χ4v) is 3.15. The molecule has 106 valence electrons. The van der Waals surface area contributed by atoms with E-state index in [9.17, 15) is 9.90 Å². The summed E-state index contributed by atoms with van der Waals surface area (Å²) in [5, 5.41) is 9.37. The maximum Gasteiger partial charge on any atom is 0.308 e. The minimum absolute atomic E-state index is 0.182. The van der Waals surface area contributed by atoms with E-state index in [1.807, 2.05) is 0 Å². The molecule has 3 heteroatoms. The Morgan fingerprint density at radius 1 is 1.33 bits per heavy atom. The maximum atomic E-state index is 11.4. The van der Waals surface area contributed by atoms with Crippen molar-refractivity contribution >= 4 is 5.97 Å². The molecular formula is C15H29NO2. The van der Waals surface area contributed by atoms with Gasteiger partial charge in [-0.05, 0) is 44.2 Å². The number of carboxylic acids is 1. The summed E-state index contributed by atoms with van der Waals surface area (Å²) >= 11 is 0. The van der Waals surface area contributed by atoms with Crippen LogP contribution in [0.5, 0.6) is 0 Å². The molecule has 0 aromatic rings. The van der Waals surface area contributed by atoms with Gasteiger partial charge in [0.15, 0.2) is 0 Å². The Bertz CT molecular complexity index is 288. The van der Waals surface area contributed by atoms with E-state index in [0.29, 0.717) is 11.3 Å². The van der Waals surface area contributed by atoms with E-state index in [1.54, 1.807) is 0 Å². The summed E-state index contributed by atoms with van der Waals surface area (Å²) in [5.41, 5.74) is 0.330. The molecule has 1 saturated carbocycles. The summed E-state index contributed by atoms with van der Waals surface area (Å²) in [4.78, 5) is 13.6. The third kappa shape index (κ3) is 3.25. The number of hydrogen-bond acceptors (Lipinski definition) is 2. The van der Waals surface area contributed by atoms with Crippen LogP contribution in [0.1, 0.15) is 53.4 Å². The van der Waals surface area contributed by atoms with Gasteiger partial charge in [-0.25, -0.2) is 0 Å². The molecule has 1 rings (SSSR count). The summed E-state index contributed by atoms with van der Waals surface area (Å²) in [6.07, 6.45) is 4.09. The van der Waals surface area contributed by atoms with Crippen molar-refractivity contribution in [3.05, 3.63) is 0 Å². The van der Waals surface area contributed by atoms with Crippen molar-refractivity contribution in [3.8, 4) is 0 Å². The van der Waals surface area contributed by atoms with Gasteiger partial charge in [0, 0.05) is 6.04 Å². The summed E-state index contributed by atoms with van der Waals surface area (Å²) in [7, 11) is 2.06. The van der Waals surface area contributed by atoms with Gasteiger partial charge in [0.1, 0.15) is 0 Å². The molecule has 1 fully saturated rings. The average Bonchev–Trinajstić information content (AvgIpc) is 2.36. The van der Waals surface area contributed by atoms with Crippen molar-refractivity contribution in [2.24, 2.45) is 17.3 Å². The first-order chi connectivity index (χ1) is 8.33. The molecule has 0 aromatic carbocycles. The standard InChI is InChI=1S/C15H29NO2/c1-6-15(3,4)11-8-9-12(14(17)18)13(10-11)16(5)7-2/h11-13H,6-10H2,1-5H3,(H,17,18). The molecule has 3 nitrogen and oxygen atoms in total. The molecular weight excluding hydrogens is 226 g/mol. The van der Waals surface area contributed by atoms with Gasteiger partial charge in [0.2, 0.25) is 0 Å². The Labute approximate surface area is 112 Å². The molecule has 0 bridgehead atoms. The summed E-state index contributed by atoms with van der Waals surface area (Å²) < 4.78 is 0. The SMILES string of the molecule is CCN(C)C1CC(C(C)(C)CC)CCC1C(=O)O. The number of nitrogens with zero attached hydrogens (tertiary/aromatic N) is 1. The molecule has 0 aliphatic heterocycles. The van der Waals surface area contributed by atoms with Crippen LogP contribution in [-0.2, 0) is 4.79 Å². The zero-order chi connectivity index (χ0) is 13.9. The monoisotopic (exact) mass is 255 g/mol. The van der Waals surface area contributed by atoms with E-state index in [-0.39, 0.29) is 12.0 Å². The lowest BCUT2D eigenvalue weighted by atomic mass is 9.65. The smallest absolute Gasteiger partial charge is 0.308 e. The topological polar surface area (TPSA) is 40.5 Å². The molecule has 0 amide bonds. The molecule has 0 saturated heterocycles. The minimum Gasteiger partial charge on any atom is -0.481 e. The molecule has 0 spiro atoms. The van der Waals surface area contributed by atoms with Crippen molar-refractivity contribution in [1.82, 2.24) is 4.90 Å². The average molecular weight is 255 g/mol. The summed E-state index contributed by atoms with van der Waals surface area (Å²) in [6, 6.07) is 0.206. The first-order valence-electron chi connectivity index (χ1n) is 7.26. The quantitative estimate of drug-likeness (QED) is 0.820. The maximum absolute atomic E-state index is 11.4. The molecule has 0 aromatic heterocycles. The van der Waals surface area contributed by atoms with E-state index >= 15 is 0 Å². The molecule has 3 atom stereocenters. The van der Waals surface area contributed by atoms with Crippen LogP contribution in [0.4, 0.5) is 0 Å². The largest absolute Gasteiger partial charge is 0.481 e. The van der Waals surface area contributed by atoms with Crippen LogP contribution < -0.4 is 0 Å². The number of rotatable bonds is 5. The van der Waals surface area contributed by atoms with Crippen molar-refractivity contribution in [1.29, 1.82) is 0 Å². The van der Waals surface area contributed by atoms with E-state index < -0.39 is 5.97 Å². The number of carboxylic acid groups (broad SMARTS) is 1. The van der Waals surface area contributed by atoms with Gasteiger partial charge < -0.3 is 10.0 Å². The van der Waals surface area contributed by atoms with E-state index in [4.69, 9.17) is 0 Å². The second-order valence-electron chi connectivity index (χ2n) is 6.44. The lowest BCUT2D eigenvalue weighted by Gasteiger charge is -2.44. The van der Waals surface area contributed by atoms with Crippen LogP contribution in [0.25, 0.3) is 0 Å². The van der Waals surface area contributed by atoms with Gasteiger partial charge in [-0.15, -0.1) is 0 Å². The second-order valence-corrected chi connectivity index (χ2v) is 6.44.